The number of hydrogen-bond donors (Lipinski definition) is 0. The molecule has 2 aromatic heterocycles. The fraction of sp³-hybridized carbons (Fsp3) is 0.345. The first-order valence-electron chi connectivity index (χ1n) is 23.2. The van der Waals surface area contributed by atoms with Crippen molar-refractivity contribution in [2.24, 2.45) is 5.92 Å². The van der Waals surface area contributed by atoms with E-state index in [0.29, 0.717) is 12.1 Å². The van der Waals surface area contributed by atoms with Gasteiger partial charge in [0.15, 0.2) is 0 Å². The molecule has 7 heteroatoms. The number of hydrogen-bond acceptors (Lipinski definition) is 5. The zero-order valence-electron chi connectivity index (χ0n) is 36.4. The minimum Gasteiger partial charge on any atom is -0.309 e. The van der Waals surface area contributed by atoms with Crippen LogP contribution in [0.2, 0.25) is 0 Å². The Morgan fingerprint density at radius 3 is 1.79 bits per heavy atom. The number of benzene rings is 6. The number of rotatable bonds is 5. The molecule has 7 nitrogen and oxygen atoms in total. The van der Waals surface area contributed by atoms with Crippen LogP contribution in [0.3, 0.4) is 0 Å². The van der Waals surface area contributed by atoms with Crippen molar-refractivity contribution in [3.05, 3.63) is 155 Å². The number of nitrogens with zero attached hydrogens (tertiary/aromatic N) is 7. The van der Waals surface area contributed by atoms with E-state index in [1.807, 2.05) is 0 Å². The van der Waals surface area contributed by atoms with Crippen molar-refractivity contribution >= 4 is 43.6 Å². The quantitative estimate of drug-likeness (QED) is 0.173. The van der Waals surface area contributed by atoms with E-state index in [4.69, 9.17) is 0 Å². The Kier molecular flexibility index (Phi) is 7.41. The molecule has 0 amide bonds. The summed E-state index contributed by atoms with van der Waals surface area (Å²) in [6.45, 7) is 18.7. The standard InChI is InChI=1S/C55H55N7/c1-35-23-51-46(25-47(35)54-26-39-27-56(29-54)32-57(28-39)37(54)3)43-19-13-20-44(52(43)62(51)41-16-9-6-10-17-41)53-58-30-55(31-59(53)34-60(33-58)38(55)4)48-24-45-42-18-11-12-21-49(42)61(50(45)22-36(48)2)40-14-7-5-8-15-40/h5-25,37-39,53H,26-34H2,1-4H3/t37-,38-,39?,53?,54?,55?/m1/s1. The predicted octanol–water partition coefficient (Wildman–Crippen LogP) is 9.92. The molecule has 310 valence electrons. The highest BCUT2D eigenvalue weighted by Crippen LogP contribution is 2.54. The zero-order chi connectivity index (χ0) is 41.2. The molecule has 0 spiro atoms. The maximum atomic E-state index is 2.82. The van der Waals surface area contributed by atoms with Crippen LogP contribution in [0.25, 0.3) is 55.0 Å². The molecule has 0 aliphatic carbocycles. The summed E-state index contributed by atoms with van der Waals surface area (Å²) in [5.74, 6) is 0.767. The summed E-state index contributed by atoms with van der Waals surface area (Å²) in [5.41, 5.74) is 15.2. The van der Waals surface area contributed by atoms with Gasteiger partial charge in [-0.25, -0.2) is 0 Å². The van der Waals surface area contributed by atoms with Crippen molar-refractivity contribution in [2.75, 3.05) is 52.7 Å². The van der Waals surface area contributed by atoms with Crippen LogP contribution >= 0.6 is 0 Å². The van der Waals surface area contributed by atoms with Gasteiger partial charge in [0.1, 0.15) is 0 Å². The van der Waals surface area contributed by atoms with Crippen LogP contribution in [0.1, 0.15) is 54.3 Å². The fourth-order valence-corrected chi connectivity index (χ4v) is 14.6. The number of para-hydroxylation sites is 4. The number of aryl methyl sites for hydroxylation is 2. The average molecular weight is 814 g/mol. The van der Waals surface area contributed by atoms with E-state index in [2.05, 4.69) is 189 Å². The van der Waals surface area contributed by atoms with E-state index in [9.17, 15) is 0 Å². The predicted molar refractivity (Wildman–Crippen MR) is 252 cm³/mol. The number of fused-ring (bicyclic) bond motifs is 6. The molecule has 0 N–H and O–H groups in total. The fourth-order valence-electron chi connectivity index (χ4n) is 14.6. The molecule has 6 unspecified atom stereocenters. The molecule has 16 rings (SSSR count). The van der Waals surface area contributed by atoms with Crippen molar-refractivity contribution in [3.8, 4) is 11.4 Å². The van der Waals surface area contributed by atoms with Gasteiger partial charge in [-0.1, -0.05) is 72.8 Å². The molecule has 8 aliphatic rings. The highest BCUT2D eigenvalue weighted by molar-refractivity contribution is 6.11. The molecular weight excluding hydrogens is 759 g/mol. The Bertz CT molecular complexity index is 3110. The lowest BCUT2D eigenvalue weighted by atomic mass is 9.61. The van der Waals surface area contributed by atoms with Crippen molar-refractivity contribution in [2.45, 2.75) is 63.2 Å². The normalized spacial score (nSPS) is 33.2. The summed E-state index contributed by atoms with van der Waals surface area (Å²) in [6, 6.07) is 49.6. The molecule has 6 aromatic carbocycles. The molecule has 8 saturated heterocycles. The molecule has 10 heterocycles. The first kappa shape index (κ1) is 36.2. The summed E-state index contributed by atoms with van der Waals surface area (Å²) >= 11 is 0. The average Bonchev–Trinajstić information content (AvgIpc) is 3.78. The molecule has 8 aromatic rings. The molecule has 0 saturated carbocycles. The van der Waals surface area contributed by atoms with Crippen molar-refractivity contribution in [1.29, 1.82) is 0 Å². The third kappa shape index (κ3) is 4.68. The smallest absolute Gasteiger partial charge is 0.0928 e. The van der Waals surface area contributed by atoms with E-state index >= 15 is 0 Å². The first-order chi connectivity index (χ1) is 30.3. The largest absolute Gasteiger partial charge is 0.309 e. The van der Waals surface area contributed by atoms with Gasteiger partial charge in [-0.3, -0.25) is 24.5 Å². The van der Waals surface area contributed by atoms with Gasteiger partial charge in [-0.05, 0) is 117 Å². The summed E-state index contributed by atoms with van der Waals surface area (Å²) in [7, 11) is 0. The van der Waals surface area contributed by atoms with Gasteiger partial charge < -0.3 is 9.13 Å². The Morgan fingerprint density at radius 2 is 1.08 bits per heavy atom. The van der Waals surface area contributed by atoms with Crippen molar-refractivity contribution in [1.82, 2.24) is 33.6 Å². The first-order valence-corrected chi connectivity index (χ1v) is 23.2. The molecule has 62 heavy (non-hydrogen) atoms. The third-order valence-electron chi connectivity index (χ3n) is 17.2. The second-order valence-electron chi connectivity index (χ2n) is 20.4. The third-order valence-corrected chi connectivity index (χ3v) is 17.2. The van der Waals surface area contributed by atoms with Gasteiger partial charge in [0.05, 0.1) is 48.2 Å². The Balaban J connectivity index is 0.925. The SMILES string of the molecule is Cc1cc2c(cc1C13CC4CN(CN(C4)[C@@H]1C)C3)c1cccc(C3N4CN5CN3CC(c3cc6c7ccccc7n(-c7ccccc7)c6cc3C)(C4)[C@H]5C)c1n2-c1ccccc1. The van der Waals surface area contributed by atoms with Gasteiger partial charge in [0, 0.05) is 94.1 Å². The topological polar surface area (TPSA) is 26.1 Å². The maximum Gasteiger partial charge on any atom is 0.0928 e. The summed E-state index contributed by atoms with van der Waals surface area (Å²) in [5, 5.41) is 5.47. The van der Waals surface area contributed by atoms with Gasteiger partial charge in [0.25, 0.3) is 0 Å². The highest BCUT2D eigenvalue weighted by atomic mass is 15.6. The van der Waals surface area contributed by atoms with Gasteiger partial charge in [-0.15, -0.1) is 0 Å². The summed E-state index contributed by atoms with van der Waals surface area (Å²) in [4.78, 5) is 13.9. The van der Waals surface area contributed by atoms with Crippen LogP contribution in [0.5, 0.6) is 0 Å². The Labute approximate surface area is 364 Å². The van der Waals surface area contributed by atoms with Crippen LogP contribution in [-0.2, 0) is 10.8 Å². The summed E-state index contributed by atoms with van der Waals surface area (Å²) in [6.07, 6.45) is 1.50. The van der Waals surface area contributed by atoms with E-state index in [1.165, 1.54) is 103 Å². The van der Waals surface area contributed by atoms with Crippen LogP contribution in [0, 0.1) is 19.8 Å². The Hall–Kier alpha value is -5.28. The zero-order valence-corrected chi connectivity index (χ0v) is 36.4. The molecular formula is C55H55N7. The number of piperidine rings is 2. The highest BCUT2D eigenvalue weighted by Gasteiger charge is 2.59. The molecule has 8 atom stereocenters. The minimum absolute atomic E-state index is 0.0200. The lowest BCUT2D eigenvalue weighted by Crippen LogP contribution is -2.78. The second kappa shape index (κ2) is 12.7. The van der Waals surface area contributed by atoms with E-state index < -0.39 is 0 Å². The van der Waals surface area contributed by atoms with Gasteiger partial charge in [-0.2, -0.15) is 0 Å². The minimum atomic E-state index is -0.0200. The van der Waals surface area contributed by atoms with E-state index in [0.717, 1.165) is 39.0 Å². The van der Waals surface area contributed by atoms with Crippen molar-refractivity contribution < 1.29 is 0 Å². The lowest BCUT2D eigenvalue weighted by molar-refractivity contribution is -0.211. The molecule has 8 fully saturated rings. The Morgan fingerprint density at radius 1 is 0.484 bits per heavy atom. The van der Waals surface area contributed by atoms with Crippen LogP contribution in [0.4, 0.5) is 0 Å². The van der Waals surface area contributed by atoms with Crippen LogP contribution < -0.4 is 0 Å². The second-order valence-corrected chi connectivity index (χ2v) is 20.4. The molecule has 8 bridgehead atoms. The maximum absolute atomic E-state index is 2.82. The van der Waals surface area contributed by atoms with Gasteiger partial charge >= 0.3 is 0 Å². The molecule has 0 radical (unpaired) electrons. The van der Waals surface area contributed by atoms with E-state index in [-0.39, 0.29) is 17.0 Å². The van der Waals surface area contributed by atoms with Crippen LogP contribution in [0.15, 0.2) is 127 Å². The summed E-state index contributed by atoms with van der Waals surface area (Å²) < 4.78 is 5.09. The van der Waals surface area contributed by atoms with Crippen LogP contribution in [-0.4, -0.2) is 98.4 Å². The molecule has 8 aliphatic heterocycles. The number of aromatic nitrogens is 2. The lowest BCUT2D eigenvalue weighted by Gasteiger charge is -2.67. The van der Waals surface area contributed by atoms with E-state index in [1.54, 1.807) is 5.56 Å². The van der Waals surface area contributed by atoms with Crippen molar-refractivity contribution in [3.63, 3.8) is 0 Å². The monoisotopic (exact) mass is 813 g/mol. The van der Waals surface area contributed by atoms with Gasteiger partial charge in [0.2, 0.25) is 0 Å².